The number of rotatable bonds is 13. The van der Waals surface area contributed by atoms with Gasteiger partial charge < -0.3 is 24.5 Å². The molecule has 1 N–H and O–H groups in total. The molecule has 1 aromatic carbocycles. The summed E-state index contributed by atoms with van der Waals surface area (Å²) < 4.78 is 4.82. The van der Waals surface area contributed by atoms with E-state index < -0.39 is 34.2 Å². The summed E-state index contributed by atoms with van der Waals surface area (Å²) in [5.74, 6) is -1.04. The normalized spacial score (nSPS) is 28.8. The van der Waals surface area contributed by atoms with Crippen molar-refractivity contribution >= 4 is 35.2 Å². The van der Waals surface area contributed by atoms with E-state index in [1.807, 2.05) is 65.8 Å². The van der Waals surface area contributed by atoms with Crippen LogP contribution in [-0.2, 0) is 14.4 Å². The lowest BCUT2D eigenvalue weighted by Gasteiger charge is -2.45. The molecule has 1 spiro atoms. The van der Waals surface area contributed by atoms with Crippen molar-refractivity contribution in [1.82, 2.24) is 9.80 Å². The molecular formula is C35H51N3O5S. The number of hydrogen-bond acceptors (Lipinski definition) is 6. The summed E-state index contributed by atoms with van der Waals surface area (Å²) in [6, 6.07) is 6.08. The van der Waals surface area contributed by atoms with Gasteiger partial charge in [0.25, 0.3) is 0 Å². The Morgan fingerprint density at radius 3 is 2.32 bits per heavy atom. The molecule has 0 aliphatic carbocycles. The minimum absolute atomic E-state index is 0.0228. The molecule has 2 bridgehead atoms. The number of hydrogen-bond donors (Lipinski definition) is 1. The van der Waals surface area contributed by atoms with Gasteiger partial charge in [-0.15, -0.1) is 24.9 Å². The molecule has 44 heavy (non-hydrogen) atoms. The van der Waals surface area contributed by atoms with E-state index in [-0.39, 0.29) is 41.4 Å². The second-order valence-electron chi connectivity index (χ2n) is 13.5. The van der Waals surface area contributed by atoms with Crippen LogP contribution in [0.25, 0.3) is 0 Å². The summed E-state index contributed by atoms with van der Waals surface area (Å²) >= 11 is 1.66. The van der Waals surface area contributed by atoms with Crippen LogP contribution in [0.4, 0.5) is 5.69 Å². The summed E-state index contributed by atoms with van der Waals surface area (Å²) in [7, 11) is 0. The predicted molar refractivity (Wildman–Crippen MR) is 178 cm³/mol. The Labute approximate surface area is 267 Å². The summed E-state index contributed by atoms with van der Waals surface area (Å²) in [5.41, 5.74) is 0.189. The van der Waals surface area contributed by atoms with Gasteiger partial charge in [-0.1, -0.05) is 39.3 Å². The lowest BCUT2D eigenvalue weighted by molar-refractivity contribution is -0.149. The van der Waals surface area contributed by atoms with Crippen LogP contribution in [0.2, 0.25) is 0 Å². The maximum Gasteiger partial charge on any atom is 0.247 e. The van der Waals surface area contributed by atoms with Crippen LogP contribution in [0.5, 0.6) is 5.75 Å². The Bertz CT molecular complexity index is 1250. The first kappa shape index (κ1) is 34.1. The number of carbonyl (C=O) groups is 3. The van der Waals surface area contributed by atoms with Gasteiger partial charge in [0.05, 0.1) is 35.8 Å². The highest BCUT2D eigenvalue weighted by Crippen LogP contribution is 2.69. The van der Waals surface area contributed by atoms with Gasteiger partial charge in [0.2, 0.25) is 17.7 Å². The Morgan fingerprint density at radius 1 is 1.16 bits per heavy atom. The van der Waals surface area contributed by atoms with Crippen LogP contribution in [0.1, 0.15) is 61.3 Å². The van der Waals surface area contributed by atoms with Crippen LogP contribution < -0.4 is 9.64 Å². The maximum atomic E-state index is 14.8. The average Bonchev–Trinajstić information content (AvgIpc) is 3.58. The molecule has 9 heteroatoms. The zero-order chi connectivity index (χ0) is 32.6. The van der Waals surface area contributed by atoms with E-state index in [2.05, 4.69) is 20.1 Å². The topological polar surface area (TPSA) is 90.4 Å². The van der Waals surface area contributed by atoms with Crippen molar-refractivity contribution < 1.29 is 24.2 Å². The van der Waals surface area contributed by atoms with E-state index in [4.69, 9.17) is 4.74 Å². The number of likely N-dealkylation sites (tertiary alicyclic amines) is 1. The SMILES string of the molecule is C=CCN(C(=O)[C@@H]1[C@H]2C(=O)N([C@@H](CO)[C@@H](C)CC)C(C(=O)N(CC=C)C(C)(C)C)C23S[C@@H]1CC3C)c1ccc(OCC)cc1. The average molecular weight is 626 g/mol. The van der Waals surface area contributed by atoms with Crippen molar-refractivity contribution in [2.45, 2.75) is 88.9 Å². The fourth-order valence-corrected chi connectivity index (χ4v) is 10.1. The zero-order valence-corrected chi connectivity index (χ0v) is 28.3. The number of anilines is 1. The molecule has 3 heterocycles. The number of nitrogens with zero attached hydrogens (tertiary/aromatic N) is 3. The molecule has 1 aromatic rings. The lowest BCUT2D eigenvalue weighted by Crippen LogP contribution is -2.62. The van der Waals surface area contributed by atoms with Crippen LogP contribution in [0, 0.1) is 23.7 Å². The number of aliphatic hydroxyl groups is 1. The Hall–Kier alpha value is -2.78. The molecule has 3 amide bonds. The molecule has 3 fully saturated rings. The van der Waals surface area contributed by atoms with Gasteiger partial charge in [-0.3, -0.25) is 14.4 Å². The van der Waals surface area contributed by atoms with Gasteiger partial charge in [-0.25, -0.2) is 0 Å². The minimum atomic E-state index is -0.800. The summed E-state index contributed by atoms with van der Waals surface area (Å²) in [6.45, 7) is 22.8. The molecule has 0 radical (unpaired) electrons. The first-order chi connectivity index (χ1) is 20.8. The van der Waals surface area contributed by atoms with Gasteiger partial charge in [0, 0.05) is 29.6 Å². The molecular weight excluding hydrogens is 574 g/mol. The highest BCUT2D eigenvalue weighted by atomic mass is 32.2. The van der Waals surface area contributed by atoms with Crippen LogP contribution >= 0.6 is 11.8 Å². The van der Waals surface area contributed by atoms with Crippen molar-refractivity contribution in [2.75, 3.05) is 31.2 Å². The standard InChI is InChI=1S/C35H51N3O5S/c1-10-18-36(24-14-16-25(17-15-24)43-13-4)31(40)28-27-20-23(6)35(44-27)29(28)32(41)38(26(21-39)22(5)12-3)30(35)33(42)37(19-11-2)34(7,8)9/h10-11,14-17,22-23,26-30,39H,1-2,12-13,18-21H2,3-9H3/t22-,23?,26-,27+,28-,29-,30?,35?/m0/s1. The molecule has 8 atom stereocenters. The van der Waals surface area contributed by atoms with Gasteiger partial charge >= 0.3 is 0 Å². The third-order valence-electron chi connectivity index (χ3n) is 9.97. The first-order valence-corrected chi connectivity index (χ1v) is 16.9. The number of thioether (sulfide) groups is 1. The molecule has 0 aromatic heterocycles. The van der Waals surface area contributed by atoms with Crippen molar-refractivity contribution in [3.8, 4) is 5.75 Å². The number of aliphatic hydroxyl groups excluding tert-OH is 1. The van der Waals surface area contributed by atoms with E-state index in [9.17, 15) is 19.5 Å². The molecule has 4 rings (SSSR count). The Morgan fingerprint density at radius 2 is 1.80 bits per heavy atom. The molecule has 3 unspecified atom stereocenters. The number of ether oxygens (including phenoxy) is 1. The smallest absolute Gasteiger partial charge is 0.247 e. The molecule has 3 aliphatic rings. The van der Waals surface area contributed by atoms with Crippen molar-refractivity contribution in [3.63, 3.8) is 0 Å². The van der Waals surface area contributed by atoms with E-state index in [0.717, 1.165) is 18.6 Å². The molecule has 242 valence electrons. The number of carbonyl (C=O) groups excluding carboxylic acids is 3. The fraction of sp³-hybridized carbons (Fsp3) is 0.629. The quantitative estimate of drug-likeness (QED) is 0.305. The largest absolute Gasteiger partial charge is 0.494 e. The highest BCUT2D eigenvalue weighted by Gasteiger charge is 2.77. The summed E-state index contributed by atoms with van der Waals surface area (Å²) in [4.78, 5) is 49.5. The third-order valence-corrected chi connectivity index (χ3v) is 12.0. The predicted octanol–water partition coefficient (Wildman–Crippen LogP) is 5.16. The Balaban J connectivity index is 1.84. The first-order valence-electron chi connectivity index (χ1n) is 16.0. The fourth-order valence-electron chi connectivity index (χ4n) is 7.68. The monoisotopic (exact) mass is 625 g/mol. The minimum Gasteiger partial charge on any atom is -0.494 e. The third kappa shape index (κ3) is 5.59. The molecule has 8 nitrogen and oxygen atoms in total. The van der Waals surface area contributed by atoms with Crippen molar-refractivity contribution in [2.24, 2.45) is 23.7 Å². The second-order valence-corrected chi connectivity index (χ2v) is 15.1. The summed E-state index contributed by atoms with van der Waals surface area (Å²) in [6.07, 6.45) is 4.89. The molecule has 3 aliphatic heterocycles. The number of amides is 3. The van der Waals surface area contributed by atoms with Crippen LogP contribution in [-0.4, -0.2) is 86.6 Å². The maximum absolute atomic E-state index is 14.8. The second kappa shape index (κ2) is 13.3. The van der Waals surface area contributed by atoms with E-state index >= 15 is 0 Å². The van der Waals surface area contributed by atoms with E-state index in [1.54, 1.807) is 38.6 Å². The Kier molecular flexibility index (Phi) is 10.3. The van der Waals surface area contributed by atoms with Crippen molar-refractivity contribution in [1.29, 1.82) is 0 Å². The van der Waals surface area contributed by atoms with Gasteiger partial charge in [-0.05, 0) is 70.2 Å². The highest BCUT2D eigenvalue weighted by molar-refractivity contribution is 8.02. The van der Waals surface area contributed by atoms with Crippen molar-refractivity contribution in [3.05, 3.63) is 49.6 Å². The van der Waals surface area contributed by atoms with Gasteiger partial charge in [-0.2, -0.15) is 0 Å². The summed E-state index contributed by atoms with van der Waals surface area (Å²) in [5, 5.41) is 10.6. The van der Waals surface area contributed by atoms with E-state index in [1.165, 1.54) is 0 Å². The van der Waals surface area contributed by atoms with Gasteiger partial charge in [0.1, 0.15) is 11.8 Å². The van der Waals surface area contributed by atoms with Gasteiger partial charge in [0.15, 0.2) is 0 Å². The van der Waals surface area contributed by atoms with E-state index in [0.29, 0.717) is 25.4 Å². The zero-order valence-electron chi connectivity index (χ0n) is 27.5. The molecule has 3 saturated heterocycles. The van der Waals surface area contributed by atoms with Crippen LogP contribution in [0.15, 0.2) is 49.6 Å². The van der Waals surface area contributed by atoms with Crippen LogP contribution in [0.3, 0.4) is 0 Å². The number of benzene rings is 1. The molecule has 0 saturated carbocycles. The lowest BCUT2D eigenvalue weighted by atomic mass is 9.65. The number of fused-ring (bicyclic) bond motifs is 1.